The maximum Gasteiger partial charge on any atom is 0.253 e. The van der Waals surface area contributed by atoms with Crippen LogP contribution in [0.25, 0.3) is 0 Å². The van der Waals surface area contributed by atoms with Gasteiger partial charge in [0.15, 0.2) is 0 Å². The van der Waals surface area contributed by atoms with Crippen LogP contribution in [0.2, 0.25) is 0 Å². The molecule has 0 aliphatic carbocycles. The van der Waals surface area contributed by atoms with Crippen molar-refractivity contribution in [2.75, 3.05) is 37.4 Å². The number of methoxy groups -OCH3 is 1. The Kier molecular flexibility index (Phi) is 6.53. The summed E-state index contributed by atoms with van der Waals surface area (Å²) in [6, 6.07) is 14.5. The van der Waals surface area contributed by atoms with Crippen molar-refractivity contribution in [3.05, 3.63) is 54.1 Å². The van der Waals surface area contributed by atoms with Crippen molar-refractivity contribution in [1.29, 1.82) is 0 Å². The van der Waals surface area contributed by atoms with Crippen molar-refractivity contribution in [2.24, 2.45) is 5.92 Å². The molecule has 0 aromatic heterocycles. The molecule has 0 saturated carbocycles. The minimum Gasteiger partial charge on any atom is -0.497 e. The number of piperidine rings is 1. The zero-order chi connectivity index (χ0) is 19.9. The highest BCUT2D eigenvalue weighted by molar-refractivity contribution is 5.96. The van der Waals surface area contributed by atoms with Crippen LogP contribution in [0.3, 0.4) is 0 Å². The van der Waals surface area contributed by atoms with Gasteiger partial charge in [-0.1, -0.05) is 19.1 Å². The van der Waals surface area contributed by atoms with Gasteiger partial charge in [-0.25, -0.2) is 0 Å². The number of benzene rings is 2. The number of carbonyl (C=O) groups excluding carboxylic acids is 2. The van der Waals surface area contributed by atoms with E-state index in [-0.39, 0.29) is 18.4 Å². The molecule has 0 atom stereocenters. The predicted octanol–water partition coefficient (Wildman–Crippen LogP) is 3.62. The monoisotopic (exact) mass is 381 g/mol. The first kappa shape index (κ1) is 19.7. The summed E-state index contributed by atoms with van der Waals surface area (Å²) >= 11 is 0. The molecule has 3 rings (SSSR count). The van der Waals surface area contributed by atoms with Gasteiger partial charge in [0.1, 0.15) is 5.75 Å². The first-order chi connectivity index (χ1) is 13.5. The lowest BCUT2D eigenvalue weighted by atomic mass is 9.98. The van der Waals surface area contributed by atoms with Crippen molar-refractivity contribution in [3.8, 4) is 5.75 Å². The van der Waals surface area contributed by atoms with Gasteiger partial charge >= 0.3 is 0 Å². The first-order valence-electron chi connectivity index (χ1n) is 9.62. The largest absolute Gasteiger partial charge is 0.497 e. The second-order valence-electron chi connectivity index (χ2n) is 7.19. The fraction of sp³-hybridized carbons (Fsp3) is 0.364. The van der Waals surface area contributed by atoms with Crippen LogP contribution in [0.4, 0.5) is 11.4 Å². The van der Waals surface area contributed by atoms with E-state index in [0.29, 0.717) is 22.9 Å². The molecule has 0 unspecified atom stereocenters. The van der Waals surface area contributed by atoms with Crippen LogP contribution < -0.4 is 15.4 Å². The zero-order valence-corrected chi connectivity index (χ0v) is 16.4. The molecule has 1 saturated heterocycles. The number of rotatable bonds is 6. The average molecular weight is 381 g/mol. The first-order valence-corrected chi connectivity index (χ1v) is 9.62. The third-order valence-corrected chi connectivity index (χ3v) is 4.99. The molecule has 1 aliphatic rings. The molecule has 2 N–H and O–H groups in total. The summed E-state index contributed by atoms with van der Waals surface area (Å²) in [4.78, 5) is 26.8. The van der Waals surface area contributed by atoms with Crippen molar-refractivity contribution in [2.45, 2.75) is 19.8 Å². The molecule has 2 aromatic rings. The number of likely N-dealkylation sites (tertiary alicyclic amines) is 1. The van der Waals surface area contributed by atoms with Crippen molar-refractivity contribution >= 4 is 23.2 Å². The van der Waals surface area contributed by atoms with Crippen LogP contribution in [0.1, 0.15) is 30.1 Å². The second kappa shape index (κ2) is 9.26. The number of carbonyl (C=O) groups is 2. The number of hydrogen-bond acceptors (Lipinski definition) is 4. The summed E-state index contributed by atoms with van der Waals surface area (Å²) in [5.74, 6) is 1.25. The van der Waals surface area contributed by atoms with Crippen molar-refractivity contribution in [3.63, 3.8) is 0 Å². The summed E-state index contributed by atoms with van der Waals surface area (Å²) in [6.45, 7) is 3.94. The molecule has 0 radical (unpaired) electrons. The Morgan fingerprint density at radius 3 is 2.54 bits per heavy atom. The highest BCUT2D eigenvalue weighted by Gasteiger charge is 2.21. The van der Waals surface area contributed by atoms with E-state index in [1.807, 2.05) is 35.2 Å². The summed E-state index contributed by atoms with van der Waals surface area (Å²) in [5.41, 5.74) is 2.07. The Hall–Kier alpha value is -3.02. The summed E-state index contributed by atoms with van der Waals surface area (Å²) in [7, 11) is 1.58. The maximum absolute atomic E-state index is 12.7. The van der Waals surface area contributed by atoms with Crippen LogP contribution >= 0.6 is 0 Å². The average Bonchev–Trinajstić information content (AvgIpc) is 2.72. The van der Waals surface area contributed by atoms with Gasteiger partial charge in [0.05, 0.1) is 13.7 Å². The van der Waals surface area contributed by atoms with Gasteiger partial charge in [0, 0.05) is 36.1 Å². The molecule has 6 nitrogen and oxygen atoms in total. The molecule has 1 aliphatic heterocycles. The van der Waals surface area contributed by atoms with Crippen LogP contribution in [-0.2, 0) is 4.79 Å². The van der Waals surface area contributed by atoms with Crippen LogP contribution in [0.15, 0.2) is 48.5 Å². The van der Waals surface area contributed by atoms with E-state index in [1.165, 1.54) is 0 Å². The number of amides is 2. The quantitative estimate of drug-likeness (QED) is 0.802. The van der Waals surface area contributed by atoms with Crippen LogP contribution in [-0.4, -0.2) is 43.5 Å². The molecule has 148 valence electrons. The van der Waals surface area contributed by atoms with E-state index in [0.717, 1.165) is 31.6 Å². The normalized spacial score (nSPS) is 14.4. The van der Waals surface area contributed by atoms with Crippen molar-refractivity contribution in [1.82, 2.24) is 4.90 Å². The molecule has 1 heterocycles. The van der Waals surface area contributed by atoms with Crippen LogP contribution in [0, 0.1) is 5.92 Å². The van der Waals surface area contributed by atoms with E-state index < -0.39 is 0 Å². The van der Waals surface area contributed by atoms with E-state index >= 15 is 0 Å². The van der Waals surface area contributed by atoms with E-state index in [1.54, 1.807) is 25.3 Å². The molecule has 28 heavy (non-hydrogen) atoms. The zero-order valence-electron chi connectivity index (χ0n) is 16.4. The topological polar surface area (TPSA) is 70.7 Å². The van der Waals surface area contributed by atoms with Gasteiger partial charge in [-0.3, -0.25) is 9.59 Å². The Labute approximate surface area is 165 Å². The SMILES string of the molecule is COc1cccc(NC(=O)CNc2cccc(C(=O)N3CCC(C)CC3)c2)c1. The fourth-order valence-corrected chi connectivity index (χ4v) is 3.24. The molecule has 6 heteroatoms. The molecular weight excluding hydrogens is 354 g/mol. The number of ether oxygens (including phenoxy) is 1. The van der Waals surface area contributed by atoms with E-state index in [9.17, 15) is 9.59 Å². The second-order valence-corrected chi connectivity index (χ2v) is 7.19. The smallest absolute Gasteiger partial charge is 0.253 e. The van der Waals surface area contributed by atoms with Crippen LogP contribution in [0.5, 0.6) is 5.75 Å². The number of anilines is 2. The standard InChI is InChI=1S/C22H27N3O3/c1-16-9-11-25(12-10-16)22(27)17-5-3-6-18(13-17)23-15-21(26)24-19-7-4-8-20(14-19)28-2/h3-8,13-14,16,23H,9-12,15H2,1-2H3,(H,24,26). The van der Waals surface area contributed by atoms with Gasteiger partial charge in [-0.05, 0) is 49.1 Å². The molecule has 0 bridgehead atoms. The summed E-state index contributed by atoms with van der Waals surface area (Å²) in [5, 5.41) is 5.91. The predicted molar refractivity (Wildman–Crippen MR) is 111 cm³/mol. The molecular formula is C22H27N3O3. The minimum atomic E-state index is -0.171. The lowest BCUT2D eigenvalue weighted by Gasteiger charge is -2.30. The van der Waals surface area contributed by atoms with Crippen molar-refractivity contribution < 1.29 is 14.3 Å². The van der Waals surface area contributed by atoms with Gasteiger partial charge in [-0.15, -0.1) is 0 Å². The third-order valence-electron chi connectivity index (χ3n) is 4.99. The molecule has 0 spiro atoms. The van der Waals surface area contributed by atoms with E-state index in [2.05, 4.69) is 17.6 Å². The highest BCUT2D eigenvalue weighted by atomic mass is 16.5. The number of nitrogens with zero attached hydrogens (tertiary/aromatic N) is 1. The van der Waals surface area contributed by atoms with Gasteiger partial charge in [0.2, 0.25) is 5.91 Å². The maximum atomic E-state index is 12.7. The third kappa shape index (κ3) is 5.25. The van der Waals surface area contributed by atoms with Gasteiger partial charge in [-0.2, -0.15) is 0 Å². The molecule has 2 aromatic carbocycles. The Morgan fingerprint density at radius 1 is 1.07 bits per heavy atom. The van der Waals surface area contributed by atoms with Gasteiger partial charge in [0.25, 0.3) is 5.91 Å². The molecule has 1 fully saturated rings. The number of hydrogen-bond donors (Lipinski definition) is 2. The summed E-state index contributed by atoms with van der Waals surface area (Å²) in [6.07, 6.45) is 2.10. The lowest BCUT2D eigenvalue weighted by molar-refractivity contribution is -0.114. The lowest BCUT2D eigenvalue weighted by Crippen LogP contribution is -2.37. The minimum absolute atomic E-state index is 0.0522. The Morgan fingerprint density at radius 2 is 1.79 bits per heavy atom. The Bertz CT molecular complexity index is 829. The van der Waals surface area contributed by atoms with Gasteiger partial charge < -0.3 is 20.3 Å². The Balaban J connectivity index is 1.55. The summed E-state index contributed by atoms with van der Waals surface area (Å²) < 4.78 is 5.15. The van der Waals surface area contributed by atoms with E-state index in [4.69, 9.17) is 4.74 Å². The fourth-order valence-electron chi connectivity index (χ4n) is 3.24. The number of nitrogens with one attached hydrogen (secondary N) is 2. The highest BCUT2D eigenvalue weighted by Crippen LogP contribution is 2.20. The molecule has 2 amide bonds.